The van der Waals surface area contributed by atoms with Gasteiger partial charge in [0, 0.05) is 26.2 Å². The van der Waals surface area contributed by atoms with Crippen molar-refractivity contribution in [3.8, 4) is 0 Å². The lowest BCUT2D eigenvalue weighted by Crippen LogP contribution is -2.38. The van der Waals surface area contributed by atoms with Crippen LogP contribution in [0.5, 0.6) is 0 Å². The molecule has 0 aromatic heterocycles. The second kappa shape index (κ2) is 11.7. The normalized spacial score (nSPS) is 17.2. The first-order chi connectivity index (χ1) is 9.36. The summed E-state index contributed by atoms with van der Waals surface area (Å²) in [7, 11) is 0. The van der Waals surface area contributed by atoms with Gasteiger partial charge in [0.05, 0.1) is 19.8 Å². The molecule has 0 radical (unpaired) electrons. The SMILES string of the molecule is CCCCC(CCCC)COCCN1CCOCC1. The van der Waals surface area contributed by atoms with Gasteiger partial charge < -0.3 is 9.47 Å². The molecule has 1 fully saturated rings. The summed E-state index contributed by atoms with van der Waals surface area (Å²) in [6.45, 7) is 11.4. The van der Waals surface area contributed by atoms with Gasteiger partial charge in [0.25, 0.3) is 0 Å². The molecule has 1 rings (SSSR count). The predicted molar refractivity (Wildman–Crippen MR) is 80.6 cm³/mol. The maximum absolute atomic E-state index is 5.91. The van der Waals surface area contributed by atoms with Gasteiger partial charge in [0.1, 0.15) is 0 Å². The van der Waals surface area contributed by atoms with Gasteiger partial charge in [-0.2, -0.15) is 0 Å². The van der Waals surface area contributed by atoms with Gasteiger partial charge in [-0.1, -0.05) is 39.5 Å². The van der Waals surface area contributed by atoms with Crippen molar-refractivity contribution in [2.24, 2.45) is 5.92 Å². The highest BCUT2D eigenvalue weighted by Gasteiger charge is 2.11. The van der Waals surface area contributed by atoms with Gasteiger partial charge in [-0.3, -0.25) is 4.90 Å². The smallest absolute Gasteiger partial charge is 0.0594 e. The number of morpholine rings is 1. The van der Waals surface area contributed by atoms with Crippen LogP contribution >= 0.6 is 0 Å². The molecule has 0 aliphatic carbocycles. The van der Waals surface area contributed by atoms with Gasteiger partial charge >= 0.3 is 0 Å². The van der Waals surface area contributed by atoms with E-state index in [0.29, 0.717) is 0 Å². The number of ether oxygens (including phenoxy) is 2. The van der Waals surface area contributed by atoms with Crippen molar-refractivity contribution in [2.75, 3.05) is 46.1 Å². The molecule has 0 aromatic carbocycles. The van der Waals surface area contributed by atoms with Gasteiger partial charge in [0.15, 0.2) is 0 Å². The number of hydrogen-bond acceptors (Lipinski definition) is 3. The molecule has 3 nitrogen and oxygen atoms in total. The van der Waals surface area contributed by atoms with Crippen LogP contribution in [0, 0.1) is 5.92 Å². The Hall–Kier alpha value is -0.120. The molecule has 0 N–H and O–H groups in total. The summed E-state index contributed by atoms with van der Waals surface area (Å²) in [4.78, 5) is 2.44. The molecule has 0 aromatic rings. The average Bonchev–Trinajstić information content (AvgIpc) is 2.46. The minimum atomic E-state index is 0.782. The van der Waals surface area contributed by atoms with Gasteiger partial charge in [0.2, 0.25) is 0 Å². The van der Waals surface area contributed by atoms with Crippen molar-refractivity contribution in [1.29, 1.82) is 0 Å². The summed E-state index contributed by atoms with van der Waals surface area (Å²) in [6.07, 6.45) is 7.98. The Morgan fingerprint density at radius 3 is 2.26 bits per heavy atom. The molecule has 19 heavy (non-hydrogen) atoms. The fraction of sp³-hybridized carbons (Fsp3) is 1.00. The van der Waals surface area contributed by atoms with E-state index in [-0.39, 0.29) is 0 Å². The first-order valence-electron chi connectivity index (χ1n) is 8.24. The van der Waals surface area contributed by atoms with Gasteiger partial charge in [-0.15, -0.1) is 0 Å². The van der Waals surface area contributed by atoms with Gasteiger partial charge in [-0.25, -0.2) is 0 Å². The average molecular weight is 271 g/mol. The molecule has 1 aliphatic rings. The van der Waals surface area contributed by atoms with E-state index >= 15 is 0 Å². The maximum atomic E-state index is 5.91. The molecule has 0 bridgehead atoms. The number of hydrogen-bond donors (Lipinski definition) is 0. The summed E-state index contributed by atoms with van der Waals surface area (Å²) >= 11 is 0. The van der Waals surface area contributed by atoms with Crippen LogP contribution in [0.4, 0.5) is 0 Å². The highest BCUT2D eigenvalue weighted by molar-refractivity contribution is 4.62. The topological polar surface area (TPSA) is 21.7 Å². The standard InChI is InChI=1S/C16H33NO2/c1-3-5-7-16(8-6-4-2)15-19-14-11-17-9-12-18-13-10-17/h16H,3-15H2,1-2H3. The van der Waals surface area contributed by atoms with Crippen LogP contribution in [0.3, 0.4) is 0 Å². The Balaban J connectivity index is 2.04. The van der Waals surface area contributed by atoms with Crippen LogP contribution in [-0.4, -0.2) is 51.0 Å². The Kier molecular flexibility index (Phi) is 10.4. The number of rotatable bonds is 11. The largest absolute Gasteiger partial charge is 0.380 e. The van der Waals surface area contributed by atoms with Crippen molar-refractivity contribution in [1.82, 2.24) is 4.90 Å². The molecule has 1 saturated heterocycles. The molecule has 0 saturated carbocycles. The predicted octanol–water partition coefficient (Wildman–Crippen LogP) is 3.33. The third-order valence-electron chi connectivity index (χ3n) is 3.94. The third kappa shape index (κ3) is 8.61. The lowest BCUT2D eigenvalue weighted by atomic mass is 9.97. The van der Waals surface area contributed by atoms with E-state index < -0.39 is 0 Å². The lowest BCUT2D eigenvalue weighted by molar-refractivity contribution is 0.0146. The van der Waals surface area contributed by atoms with E-state index in [0.717, 1.165) is 52.0 Å². The summed E-state index contributed by atoms with van der Waals surface area (Å²) in [5.41, 5.74) is 0. The highest BCUT2D eigenvalue weighted by Crippen LogP contribution is 2.16. The van der Waals surface area contributed by atoms with Crippen LogP contribution in [0.15, 0.2) is 0 Å². The summed E-state index contributed by atoms with van der Waals surface area (Å²) in [6, 6.07) is 0. The Morgan fingerprint density at radius 1 is 1.05 bits per heavy atom. The van der Waals surface area contributed by atoms with Crippen LogP contribution in [-0.2, 0) is 9.47 Å². The van der Waals surface area contributed by atoms with Crippen LogP contribution in [0.2, 0.25) is 0 Å². The Labute approximate surface area is 119 Å². The monoisotopic (exact) mass is 271 g/mol. The lowest BCUT2D eigenvalue weighted by Gasteiger charge is -2.26. The zero-order valence-corrected chi connectivity index (χ0v) is 13.0. The Bertz CT molecular complexity index is 185. The van der Waals surface area contributed by atoms with Gasteiger partial charge in [-0.05, 0) is 18.8 Å². The van der Waals surface area contributed by atoms with E-state index in [2.05, 4.69) is 18.7 Å². The second-order valence-corrected chi connectivity index (χ2v) is 5.68. The number of nitrogens with zero attached hydrogens (tertiary/aromatic N) is 1. The van der Waals surface area contributed by atoms with Crippen molar-refractivity contribution >= 4 is 0 Å². The summed E-state index contributed by atoms with van der Waals surface area (Å²) in [5.74, 6) is 0.782. The molecule has 0 unspecified atom stereocenters. The van der Waals surface area contributed by atoms with Crippen molar-refractivity contribution in [3.63, 3.8) is 0 Å². The van der Waals surface area contributed by atoms with E-state index in [1.54, 1.807) is 0 Å². The maximum Gasteiger partial charge on any atom is 0.0594 e. The van der Waals surface area contributed by atoms with E-state index in [9.17, 15) is 0 Å². The molecule has 3 heteroatoms. The molecule has 0 atom stereocenters. The van der Waals surface area contributed by atoms with E-state index in [1.165, 1.54) is 38.5 Å². The molecule has 1 heterocycles. The molecule has 0 amide bonds. The molecular weight excluding hydrogens is 238 g/mol. The van der Waals surface area contributed by atoms with Crippen molar-refractivity contribution < 1.29 is 9.47 Å². The van der Waals surface area contributed by atoms with Crippen molar-refractivity contribution in [2.45, 2.75) is 52.4 Å². The second-order valence-electron chi connectivity index (χ2n) is 5.68. The minimum absolute atomic E-state index is 0.782. The molecular formula is C16H33NO2. The zero-order chi connectivity index (χ0) is 13.8. The number of unbranched alkanes of at least 4 members (excludes halogenated alkanes) is 2. The van der Waals surface area contributed by atoms with Crippen LogP contribution in [0.25, 0.3) is 0 Å². The Morgan fingerprint density at radius 2 is 1.68 bits per heavy atom. The highest BCUT2D eigenvalue weighted by atomic mass is 16.5. The molecule has 1 aliphatic heterocycles. The van der Waals surface area contributed by atoms with E-state index in [1.807, 2.05) is 0 Å². The molecule has 0 spiro atoms. The first-order valence-corrected chi connectivity index (χ1v) is 8.24. The summed E-state index contributed by atoms with van der Waals surface area (Å²) in [5, 5.41) is 0. The van der Waals surface area contributed by atoms with E-state index in [4.69, 9.17) is 9.47 Å². The minimum Gasteiger partial charge on any atom is -0.380 e. The van der Waals surface area contributed by atoms with Crippen LogP contribution in [0.1, 0.15) is 52.4 Å². The fourth-order valence-corrected chi connectivity index (χ4v) is 2.57. The zero-order valence-electron chi connectivity index (χ0n) is 13.0. The quantitative estimate of drug-likeness (QED) is 0.538. The van der Waals surface area contributed by atoms with Crippen LogP contribution < -0.4 is 0 Å². The summed E-state index contributed by atoms with van der Waals surface area (Å²) < 4.78 is 11.3. The first kappa shape index (κ1) is 16.9. The third-order valence-corrected chi connectivity index (χ3v) is 3.94. The molecule has 114 valence electrons. The fourth-order valence-electron chi connectivity index (χ4n) is 2.57. The van der Waals surface area contributed by atoms with Crippen molar-refractivity contribution in [3.05, 3.63) is 0 Å².